The zero-order valence-electron chi connectivity index (χ0n) is 29.0. The Bertz CT molecular complexity index is 1670. The first kappa shape index (κ1) is 36.9. The molecule has 5 N–H and O–H groups in total. The maximum Gasteiger partial charge on any atom is 0.408 e. The number of hydrogen-bond acceptors (Lipinski definition) is 8. The summed E-state index contributed by atoms with van der Waals surface area (Å²) in [6, 6.07) is 12.5. The van der Waals surface area contributed by atoms with Gasteiger partial charge in [-0.2, -0.15) is 0 Å². The van der Waals surface area contributed by atoms with E-state index in [-0.39, 0.29) is 12.8 Å². The van der Waals surface area contributed by atoms with E-state index in [0.717, 1.165) is 41.9 Å². The van der Waals surface area contributed by atoms with Crippen LogP contribution in [0, 0.1) is 5.92 Å². The van der Waals surface area contributed by atoms with Gasteiger partial charge < -0.3 is 30.8 Å². The number of carbonyl (C=O) groups is 3. The third kappa shape index (κ3) is 11.1. The summed E-state index contributed by atoms with van der Waals surface area (Å²) < 4.78 is 7.43. The molecule has 1 saturated carbocycles. The average molecular weight is 704 g/mol. The second-order valence-electron chi connectivity index (χ2n) is 14.0. The number of nitrogens with one attached hydrogen (secondary N) is 4. The van der Waals surface area contributed by atoms with Gasteiger partial charge in [0.25, 0.3) is 0 Å². The zero-order chi connectivity index (χ0) is 35.5. The van der Waals surface area contributed by atoms with Crippen LogP contribution >= 0.6 is 11.8 Å². The number of rotatable bonds is 15. The van der Waals surface area contributed by atoms with E-state index in [2.05, 4.69) is 30.9 Å². The van der Waals surface area contributed by atoms with Crippen LogP contribution < -0.4 is 16.0 Å². The Labute approximate surface area is 297 Å². The molecule has 13 heteroatoms. The zero-order valence-corrected chi connectivity index (χ0v) is 29.8. The topological polar surface area (TPSA) is 163 Å². The SMILES string of the molecule is CC(C)(C)OC(=O)N[C@@H](Cc1ccccc1)C(=O)N[C@@H](Cc1cnc[nH]1)C(=O)N[C@@H](CC1CCCCC1)[C@H](O)CSc1cnc2ccccn12. The Morgan fingerprint density at radius 1 is 0.960 bits per heavy atom. The van der Waals surface area contributed by atoms with Crippen LogP contribution in [0.2, 0.25) is 0 Å². The number of benzene rings is 1. The molecule has 0 bridgehead atoms. The number of alkyl carbamates (subject to hydrolysis) is 1. The number of aliphatic hydroxyl groups is 1. The Hall–Kier alpha value is -4.36. The average Bonchev–Trinajstić information content (AvgIpc) is 3.76. The lowest BCUT2D eigenvalue weighted by Crippen LogP contribution is -2.58. The molecule has 5 rings (SSSR count). The molecule has 3 heterocycles. The second kappa shape index (κ2) is 17.5. The van der Waals surface area contributed by atoms with Crippen LogP contribution in [0.4, 0.5) is 4.79 Å². The molecule has 0 aliphatic heterocycles. The van der Waals surface area contributed by atoms with Crippen molar-refractivity contribution < 1.29 is 24.2 Å². The molecule has 12 nitrogen and oxygen atoms in total. The van der Waals surface area contributed by atoms with Crippen LogP contribution in [0.25, 0.3) is 5.65 Å². The minimum Gasteiger partial charge on any atom is -0.444 e. The highest BCUT2D eigenvalue weighted by Crippen LogP contribution is 2.29. The molecule has 268 valence electrons. The lowest BCUT2D eigenvalue weighted by molar-refractivity contribution is -0.130. The summed E-state index contributed by atoms with van der Waals surface area (Å²) in [7, 11) is 0. The summed E-state index contributed by atoms with van der Waals surface area (Å²) in [6.07, 6.45) is 11.7. The molecule has 1 fully saturated rings. The summed E-state index contributed by atoms with van der Waals surface area (Å²) in [5.41, 5.74) is 1.54. The van der Waals surface area contributed by atoms with Gasteiger partial charge >= 0.3 is 6.09 Å². The number of H-pyrrole nitrogens is 1. The number of aliphatic hydroxyl groups excluding tert-OH is 1. The fourth-order valence-corrected chi connectivity index (χ4v) is 7.28. The van der Waals surface area contributed by atoms with Gasteiger partial charge in [-0.15, -0.1) is 11.8 Å². The first-order chi connectivity index (χ1) is 24.0. The van der Waals surface area contributed by atoms with Crippen LogP contribution in [0.1, 0.15) is 70.6 Å². The highest BCUT2D eigenvalue weighted by atomic mass is 32.2. The number of nitrogens with zero attached hydrogens (tertiary/aromatic N) is 3. The van der Waals surface area contributed by atoms with Gasteiger partial charge in [-0.1, -0.05) is 68.5 Å². The summed E-state index contributed by atoms with van der Waals surface area (Å²) in [4.78, 5) is 52.5. The van der Waals surface area contributed by atoms with Gasteiger partial charge in [-0.3, -0.25) is 14.0 Å². The van der Waals surface area contributed by atoms with Crippen molar-refractivity contribution in [1.29, 1.82) is 0 Å². The van der Waals surface area contributed by atoms with Crippen molar-refractivity contribution in [1.82, 2.24) is 35.3 Å². The predicted octanol–water partition coefficient (Wildman–Crippen LogP) is 4.83. The van der Waals surface area contributed by atoms with Gasteiger partial charge in [0.05, 0.1) is 29.7 Å². The molecule has 50 heavy (non-hydrogen) atoms. The molecule has 3 amide bonds. The summed E-state index contributed by atoms with van der Waals surface area (Å²) >= 11 is 1.48. The number of aromatic nitrogens is 4. The van der Waals surface area contributed by atoms with E-state index in [1.807, 2.05) is 59.1 Å². The number of fused-ring (bicyclic) bond motifs is 1. The van der Waals surface area contributed by atoms with Crippen molar-refractivity contribution in [2.24, 2.45) is 5.92 Å². The van der Waals surface area contributed by atoms with E-state index in [9.17, 15) is 19.5 Å². The molecule has 4 atom stereocenters. The van der Waals surface area contributed by atoms with Crippen LogP contribution in [0.3, 0.4) is 0 Å². The first-order valence-corrected chi connectivity index (χ1v) is 18.4. The molecular weight excluding hydrogens is 655 g/mol. The number of hydrogen-bond donors (Lipinski definition) is 5. The first-order valence-electron chi connectivity index (χ1n) is 17.4. The highest BCUT2D eigenvalue weighted by Gasteiger charge is 2.32. The normalized spacial score (nSPS) is 16.2. The number of carbonyl (C=O) groups excluding carboxylic acids is 3. The number of thioether (sulfide) groups is 1. The third-order valence-corrected chi connectivity index (χ3v) is 9.90. The van der Waals surface area contributed by atoms with E-state index in [1.165, 1.54) is 24.5 Å². The van der Waals surface area contributed by atoms with Crippen molar-refractivity contribution in [3.05, 3.63) is 84.7 Å². The molecule has 1 aromatic carbocycles. The molecule has 3 aromatic heterocycles. The lowest BCUT2D eigenvalue weighted by atomic mass is 9.83. The summed E-state index contributed by atoms with van der Waals surface area (Å²) in [5, 5.41) is 21.2. The van der Waals surface area contributed by atoms with Crippen molar-refractivity contribution in [2.75, 3.05) is 5.75 Å². The van der Waals surface area contributed by atoms with E-state index in [0.29, 0.717) is 23.8 Å². The fraction of sp³-hybridized carbons (Fsp3) is 0.486. The molecular formula is C37H49N7O5S. The minimum absolute atomic E-state index is 0.130. The van der Waals surface area contributed by atoms with Gasteiger partial charge in [-0.25, -0.2) is 14.8 Å². The number of aromatic amines is 1. The molecule has 0 unspecified atom stereocenters. The second-order valence-corrected chi connectivity index (χ2v) is 15.0. The molecule has 0 radical (unpaired) electrons. The highest BCUT2D eigenvalue weighted by molar-refractivity contribution is 7.99. The van der Waals surface area contributed by atoms with Crippen LogP contribution in [-0.2, 0) is 27.2 Å². The number of imidazole rings is 2. The van der Waals surface area contributed by atoms with E-state index >= 15 is 0 Å². The Morgan fingerprint density at radius 2 is 1.68 bits per heavy atom. The van der Waals surface area contributed by atoms with Crippen LogP contribution in [0.15, 0.2) is 78.5 Å². The molecule has 1 aliphatic rings. The number of amides is 3. The quantitative estimate of drug-likeness (QED) is 0.110. The lowest BCUT2D eigenvalue weighted by Gasteiger charge is -2.31. The maximum absolute atomic E-state index is 14.2. The largest absolute Gasteiger partial charge is 0.444 e. The van der Waals surface area contributed by atoms with E-state index in [4.69, 9.17) is 4.74 Å². The Balaban J connectivity index is 1.33. The van der Waals surface area contributed by atoms with Crippen LogP contribution in [-0.4, -0.2) is 78.0 Å². The Morgan fingerprint density at radius 3 is 2.40 bits per heavy atom. The third-order valence-electron chi connectivity index (χ3n) is 8.79. The number of ether oxygens (including phenoxy) is 1. The summed E-state index contributed by atoms with van der Waals surface area (Å²) in [5.74, 6) is -0.245. The van der Waals surface area contributed by atoms with Crippen molar-refractivity contribution >= 4 is 35.3 Å². The van der Waals surface area contributed by atoms with Gasteiger partial charge in [-0.05, 0) is 50.8 Å². The van der Waals surface area contributed by atoms with Crippen molar-refractivity contribution in [3.8, 4) is 0 Å². The monoisotopic (exact) mass is 703 g/mol. The molecule has 4 aromatic rings. The van der Waals surface area contributed by atoms with Gasteiger partial charge in [0.2, 0.25) is 11.8 Å². The fourth-order valence-electron chi connectivity index (χ4n) is 6.29. The van der Waals surface area contributed by atoms with Crippen molar-refractivity contribution in [2.45, 2.75) is 107 Å². The minimum atomic E-state index is -1.02. The molecule has 1 aliphatic carbocycles. The summed E-state index contributed by atoms with van der Waals surface area (Å²) in [6.45, 7) is 5.24. The van der Waals surface area contributed by atoms with Crippen LogP contribution in [0.5, 0.6) is 0 Å². The molecule has 0 saturated heterocycles. The van der Waals surface area contributed by atoms with Gasteiger partial charge in [0.15, 0.2) is 0 Å². The van der Waals surface area contributed by atoms with E-state index in [1.54, 1.807) is 33.2 Å². The standard InChI is InChI=1S/C37H49N7O5S/c1-37(2,3)49-36(48)43-29(19-26-14-8-5-9-15-26)34(46)42-30(20-27-21-38-24-40-27)35(47)41-28(18-25-12-6-4-7-13-25)31(45)23-50-33-22-39-32-16-10-11-17-44(32)33/h5,8-11,14-17,21-22,24-25,28-31,45H,4,6-7,12-13,18-20,23H2,1-3H3,(H,38,40)(H,41,47)(H,42,46)(H,43,48)/t28-,29-,30-,31+/m0/s1. The van der Waals surface area contributed by atoms with E-state index < -0.39 is 47.7 Å². The number of pyridine rings is 1. The van der Waals surface area contributed by atoms with Gasteiger partial charge in [0.1, 0.15) is 23.3 Å². The Kier molecular flexibility index (Phi) is 12.9. The molecule has 0 spiro atoms. The van der Waals surface area contributed by atoms with Crippen molar-refractivity contribution in [3.63, 3.8) is 0 Å². The van der Waals surface area contributed by atoms with Gasteiger partial charge in [0, 0.05) is 36.7 Å². The predicted molar refractivity (Wildman–Crippen MR) is 193 cm³/mol. The smallest absolute Gasteiger partial charge is 0.408 e. The maximum atomic E-state index is 14.2.